The molecule has 0 heterocycles. The van der Waals surface area contributed by atoms with Gasteiger partial charge in [-0.2, -0.15) is 0 Å². The van der Waals surface area contributed by atoms with Gasteiger partial charge in [-0.25, -0.2) is 9.59 Å². The molecule has 2 atom stereocenters. The molecule has 6 nitrogen and oxygen atoms in total. The summed E-state index contributed by atoms with van der Waals surface area (Å²) in [5, 5.41) is 12.4. The van der Waals surface area contributed by atoms with Crippen LogP contribution in [0.4, 0.5) is 4.79 Å². The summed E-state index contributed by atoms with van der Waals surface area (Å²) in [6.45, 7) is 4.02. The van der Waals surface area contributed by atoms with Crippen LogP contribution in [-0.4, -0.2) is 36.4 Å². The lowest BCUT2D eigenvalue weighted by atomic mass is 9.99. The number of aliphatic hydroxyl groups excluding tert-OH is 1. The van der Waals surface area contributed by atoms with Crippen LogP contribution in [-0.2, 0) is 20.9 Å². The van der Waals surface area contributed by atoms with E-state index < -0.39 is 24.1 Å². The fraction of sp³-hybridized carbons (Fsp3) is 0.500. The Kier molecular flexibility index (Phi) is 7.99. The second-order valence-corrected chi connectivity index (χ2v) is 4.81. The molecule has 122 valence electrons. The van der Waals surface area contributed by atoms with E-state index in [9.17, 15) is 14.7 Å². The number of nitrogens with one attached hydrogen (secondary N) is 1. The second kappa shape index (κ2) is 9.78. The fourth-order valence-electron chi connectivity index (χ4n) is 1.89. The number of rotatable bonds is 8. The van der Waals surface area contributed by atoms with Gasteiger partial charge in [0.1, 0.15) is 6.61 Å². The van der Waals surface area contributed by atoms with Crippen LogP contribution in [0.2, 0.25) is 0 Å². The third-order valence-corrected chi connectivity index (χ3v) is 3.22. The average molecular weight is 309 g/mol. The number of carbonyl (C=O) groups excluding carboxylic acids is 2. The van der Waals surface area contributed by atoms with E-state index in [0.717, 1.165) is 5.56 Å². The van der Waals surface area contributed by atoms with Crippen molar-refractivity contribution >= 4 is 12.1 Å². The number of ether oxygens (including phenoxy) is 2. The van der Waals surface area contributed by atoms with Crippen molar-refractivity contribution in [3.8, 4) is 0 Å². The number of carbonyl (C=O) groups is 2. The van der Waals surface area contributed by atoms with Gasteiger partial charge < -0.3 is 19.9 Å². The van der Waals surface area contributed by atoms with Crippen LogP contribution in [0.15, 0.2) is 30.3 Å². The van der Waals surface area contributed by atoms with Crippen LogP contribution in [0.5, 0.6) is 0 Å². The van der Waals surface area contributed by atoms with Crippen molar-refractivity contribution in [1.29, 1.82) is 0 Å². The summed E-state index contributed by atoms with van der Waals surface area (Å²) in [6, 6.07) is 9.31. The molecule has 1 amide bonds. The van der Waals surface area contributed by atoms with Crippen molar-refractivity contribution in [2.24, 2.45) is 5.92 Å². The first-order valence-electron chi connectivity index (χ1n) is 7.37. The zero-order valence-corrected chi connectivity index (χ0v) is 13.0. The van der Waals surface area contributed by atoms with Gasteiger partial charge in [-0.1, -0.05) is 37.3 Å². The molecule has 22 heavy (non-hydrogen) atoms. The third-order valence-electron chi connectivity index (χ3n) is 3.22. The van der Waals surface area contributed by atoms with Crippen LogP contribution >= 0.6 is 0 Å². The van der Waals surface area contributed by atoms with Crippen molar-refractivity contribution in [3.63, 3.8) is 0 Å². The van der Waals surface area contributed by atoms with Gasteiger partial charge in [0.15, 0.2) is 6.10 Å². The van der Waals surface area contributed by atoms with Crippen molar-refractivity contribution in [2.45, 2.75) is 33.0 Å². The van der Waals surface area contributed by atoms with Gasteiger partial charge in [-0.05, 0) is 18.9 Å². The number of esters is 1. The second-order valence-electron chi connectivity index (χ2n) is 4.81. The Morgan fingerprint density at radius 2 is 1.86 bits per heavy atom. The van der Waals surface area contributed by atoms with Gasteiger partial charge in [0.05, 0.1) is 6.61 Å². The summed E-state index contributed by atoms with van der Waals surface area (Å²) >= 11 is 0. The Labute approximate surface area is 130 Å². The van der Waals surface area contributed by atoms with Gasteiger partial charge in [0.25, 0.3) is 0 Å². The molecule has 0 spiro atoms. The van der Waals surface area contributed by atoms with E-state index >= 15 is 0 Å². The number of hydrogen-bond donors (Lipinski definition) is 2. The van der Waals surface area contributed by atoms with Crippen molar-refractivity contribution in [1.82, 2.24) is 5.32 Å². The molecule has 0 unspecified atom stereocenters. The number of hydrogen-bond acceptors (Lipinski definition) is 5. The summed E-state index contributed by atoms with van der Waals surface area (Å²) in [5.74, 6) is -1.09. The van der Waals surface area contributed by atoms with Crippen LogP contribution in [0, 0.1) is 5.92 Å². The lowest BCUT2D eigenvalue weighted by Gasteiger charge is -2.20. The van der Waals surface area contributed by atoms with E-state index in [1.165, 1.54) is 0 Å². The highest BCUT2D eigenvalue weighted by Gasteiger charge is 2.26. The average Bonchev–Trinajstić information content (AvgIpc) is 2.54. The van der Waals surface area contributed by atoms with Gasteiger partial charge in [-0.3, -0.25) is 0 Å². The molecule has 6 heteroatoms. The highest BCUT2D eigenvalue weighted by Crippen LogP contribution is 2.10. The van der Waals surface area contributed by atoms with E-state index in [1.807, 2.05) is 37.3 Å². The first-order chi connectivity index (χ1) is 10.6. The van der Waals surface area contributed by atoms with Crippen molar-refractivity contribution in [2.75, 3.05) is 13.2 Å². The lowest BCUT2D eigenvalue weighted by Crippen LogP contribution is -2.39. The lowest BCUT2D eigenvalue weighted by molar-refractivity contribution is -0.156. The van der Waals surface area contributed by atoms with E-state index in [1.54, 1.807) is 6.92 Å². The third kappa shape index (κ3) is 6.13. The van der Waals surface area contributed by atoms with Gasteiger partial charge in [0.2, 0.25) is 0 Å². The molecular formula is C16H23NO5. The Hall–Kier alpha value is -2.08. The maximum absolute atomic E-state index is 11.6. The maximum Gasteiger partial charge on any atom is 0.407 e. The zero-order chi connectivity index (χ0) is 16.4. The minimum Gasteiger partial charge on any atom is -0.464 e. The molecule has 1 aromatic rings. The summed E-state index contributed by atoms with van der Waals surface area (Å²) in [6.07, 6.45) is -1.31. The first kappa shape index (κ1) is 18.0. The molecule has 0 radical (unpaired) electrons. The topological polar surface area (TPSA) is 84.9 Å². The highest BCUT2D eigenvalue weighted by molar-refractivity contribution is 5.75. The van der Waals surface area contributed by atoms with Crippen LogP contribution in [0.25, 0.3) is 0 Å². The standard InChI is InChI=1S/C16H23NO5/c1-3-13(14(18)15(19)21-4-2)10-17-16(20)22-11-12-8-6-5-7-9-12/h5-9,13-14,18H,3-4,10-11H2,1-2H3,(H,17,20)/t13-,14+/m1/s1. The van der Waals surface area contributed by atoms with Gasteiger partial charge >= 0.3 is 12.1 Å². The maximum atomic E-state index is 11.6. The monoisotopic (exact) mass is 309 g/mol. The largest absolute Gasteiger partial charge is 0.464 e. The molecule has 0 bridgehead atoms. The van der Waals surface area contributed by atoms with E-state index in [2.05, 4.69) is 5.32 Å². The number of amides is 1. The smallest absolute Gasteiger partial charge is 0.407 e. The number of alkyl carbamates (subject to hydrolysis) is 1. The van der Waals surface area contributed by atoms with E-state index in [0.29, 0.717) is 6.42 Å². The SMILES string of the molecule is CCOC(=O)[C@@H](O)[C@H](CC)CNC(=O)OCc1ccccc1. The Bertz CT molecular complexity index is 463. The van der Waals surface area contributed by atoms with E-state index in [-0.39, 0.29) is 19.8 Å². The first-order valence-corrected chi connectivity index (χ1v) is 7.37. The number of aliphatic hydroxyl groups is 1. The molecule has 0 saturated heterocycles. The Balaban J connectivity index is 2.36. The zero-order valence-electron chi connectivity index (χ0n) is 13.0. The molecule has 2 N–H and O–H groups in total. The van der Waals surface area contributed by atoms with Crippen molar-refractivity contribution < 1.29 is 24.2 Å². The van der Waals surface area contributed by atoms with Gasteiger partial charge in [-0.15, -0.1) is 0 Å². The number of benzene rings is 1. The van der Waals surface area contributed by atoms with Crippen molar-refractivity contribution in [3.05, 3.63) is 35.9 Å². The molecule has 1 rings (SSSR count). The van der Waals surface area contributed by atoms with E-state index in [4.69, 9.17) is 9.47 Å². The summed E-state index contributed by atoms with van der Waals surface area (Å²) < 4.78 is 9.83. The Morgan fingerprint density at radius 1 is 1.18 bits per heavy atom. The molecule has 0 fully saturated rings. The highest BCUT2D eigenvalue weighted by atomic mass is 16.6. The molecule has 0 saturated carbocycles. The minimum absolute atomic E-state index is 0.143. The predicted molar refractivity (Wildman–Crippen MR) is 81.1 cm³/mol. The van der Waals surface area contributed by atoms with Crippen LogP contribution in [0.1, 0.15) is 25.8 Å². The predicted octanol–water partition coefficient (Wildman–Crippen LogP) is 1.86. The molecule has 1 aromatic carbocycles. The van der Waals surface area contributed by atoms with Crippen LogP contribution < -0.4 is 5.32 Å². The molecular weight excluding hydrogens is 286 g/mol. The summed E-state index contributed by atoms with van der Waals surface area (Å²) in [5.41, 5.74) is 0.885. The minimum atomic E-state index is -1.25. The Morgan fingerprint density at radius 3 is 2.45 bits per heavy atom. The summed E-state index contributed by atoms with van der Waals surface area (Å²) in [7, 11) is 0. The fourth-order valence-corrected chi connectivity index (χ4v) is 1.89. The van der Waals surface area contributed by atoms with Gasteiger partial charge in [0, 0.05) is 12.5 Å². The summed E-state index contributed by atoms with van der Waals surface area (Å²) in [4.78, 5) is 23.1. The molecule has 0 aromatic heterocycles. The van der Waals surface area contributed by atoms with Crippen LogP contribution in [0.3, 0.4) is 0 Å². The molecule has 0 aliphatic heterocycles. The normalized spacial score (nSPS) is 13.0. The molecule has 0 aliphatic rings. The molecule has 0 aliphatic carbocycles. The quantitative estimate of drug-likeness (QED) is 0.716.